The fraction of sp³-hybridized carbons (Fsp3) is 0.364. The van der Waals surface area contributed by atoms with Gasteiger partial charge in [0.2, 0.25) is 0 Å². The second-order valence-corrected chi connectivity index (χ2v) is 2.99. The van der Waals surface area contributed by atoms with Crippen LogP contribution in [0.5, 0.6) is 0 Å². The molecule has 0 radical (unpaired) electrons. The molecule has 0 spiro atoms. The van der Waals surface area contributed by atoms with Gasteiger partial charge in [0.15, 0.2) is 0 Å². The first kappa shape index (κ1) is 9.78. The second kappa shape index (κ2) is 4.65. The van der Waals surface area contributed by atoms with Gasteiger partial charge < -0.3 is 4.42 Å². The molecule has 0 amide bonds. The molecule has 1 aromatic rings. The van der Waals surface area contributed by atoms with Crippen LogP contribution in [0.1, 0.15) is 24.0 Å². The summed E-state index contributed by atoms with van der Waals surface area (Å²) >= 11 is 0. The number of nitrogens with zero attached hydrogens (tertiary/aromatic N) is 1. The average Bonchev–Trinajstić information content (AvgIpc) is 2.16. The van der Waals surface area contributed by atoms with Gasteiger partial charge in [-0.2, -0.15) is 0 Å². The molecule has 1 aromatic heterocycles. The summed E-state index contributed by atoms with van der Waals surface area (Å²) in [7, 11) is 0. The largest absolute Gasteiger partial charge is 0.467 e. The minimum absolute atomic E-state index is 0.864. The SMILES string of the molecule is CCc1cnccc(C)oc(C)c1. The van der Waals surface area contributed by atoms with Gasteiger partial charge in [-0.3, -0.25) is 4.98 Å². The molecule has 70 valence electrons. The summed E-state index contributed by atoms with van der Waals surface area (Å²) in [5.74, 6) is 1.77. The van der Waals surface area contributed by atoms with Gasteiger partial charge in [0.05, 0.1) is 0 Å². The van der Waals surface area contributed by atoms with Crippen LogP contribution in [0.15, 0.2) is 28.9 Å². The molecule has 0 bridgehead atoms. The first-order chi connectivity index (χ1) is 6.22. The highest BCUT2D eigenvalue weighted by molar-refractivity contribution is 5.09. The molecule has 0 fully saturated rings. The Morgan fingerprint density at radius 1 is 1.31 bits per heavy atom. The third-order valence-corrected chi connectivity index (χ3v) is 1.75. The number of hydrogen-bond donors (Lipinski definition) is 0. The molecule has 0 unspecified atom stereocenters. The lowest BCUT2D eigenvalue weighted by Crippen LogP contribution is -1.77. The van der Waals surface area contributed by atoms with Gasteiger partial charge in [0.25, 0.3) is 0 Å². The Kier molecular flexibility index (Phi) is 3.50. The van der Waals surface area contributed by atoms with Crippen LogP contribution in [-0.4, -0.2) is 4.98 Å². The average molecular weight is 177 g/mol. The van der Waals surface area contributed by atoms with E-state index in [0.29, 0.717) is 0 Å². The maximum Gasteiger partial charge on any atom is 0.102 e. The van der Waals surface area contributed by atoms with Crippen LogP contribution in [0.3, 0.4) is 0 Å². The summed E-state index contributed by atoms with van der Waals surface area (Å²) in [6, 6.07) is 3.87. The second-order valence-electron chi connectivity index (χ2n) is 2.99. The fourth-order valence-electron chi connectivity index (χ4n) is 1.10. The topological polar surface area (TPSA) is 26.0 Å². The molecular weight excluding hydrogens is 162 g/mol. The molecule has 0 aromatic carbocycles. The van der Waals surface area contributed by atoms with E-state index in [-0.39, 0.29) is 0 Å². The first-order valence-electron chi connectivity index (χ1n) is 4.47. The van der Waals surface area contributed by atoms with Crippen molar-refractivity contribution >= 4 is 0 Å². The highest BCUT2D eigenvalue weighted by Gasteiger charge is 1.88. The van der Waals surface area contributed by atoms with E-state index in [1.54, 1.807) is 6.20 Å². The Balaban J connectivity index is 3.30. The van der Waals surface area contributed by atoms with Gasteiger partial charge in [-0.15, -0.1) is 0 Å². The summed E-state index contributed by atoms with van der Waals surface area (Å²) < 4.78 is 5.49. The van der Waals surface area contributed by atoms with Crippen LogP contribution in [0, 0.1) is 13.8 Å². The number of aromatic nitrogens is 1. The van der Waals surface area contributed by atoms with Crippen molar-refractivity contribution in [2.75, 3.05) is 0 Å². The quantitative estimate of drug-likeness (QED) is 0.659. The summed E-state index contributed by atoms with van der Waals surface area (Å²) in [4.78, 5) is 4.14. The van der Waals surface area contributed by atoms with E-state index in [2.05, 4.69) is 11.9 Å². The normalized spacial score (nSPS) is 9.46. The minimum Gasteiger partial charge on any atom is -0.467 e. The van der Waals surface area contributed by atoms with Crippen molar-refractivity contribution in [1.82, 2.24) is 4.98 Å². The number of hydrogen-bond acceptors (Lipinski definition) is 2. The monoisotopic (exact) mass is 177 g/mol. The van der Waals surface area contributed by atoms with Crippen LogP contribution in [0.4, 0.5) is 0 Å². The maximum absolute atomic E-state index is 5.49. The summed E-state index contributed by atoms with van der Waals surface area (Å²) in [5.41, 5.74) is 1.18. The van der Waals surface area contributed by atoms with Crippen molar-refractivity contribution in [3.8, 4) is 0 Å². The van der Waals surface area contributed by atoms with E-state index in [1.807, 2.05) is 32.2 Å². The molecule has 0 atom stereocenters. The van der Waals surface area contributed by atoms with E-state index in [4.69, 9.17) is 4.42 Å². The van der Waals surface area contributed by atoms with Crippen molar-refractivity contribution in [2.24, 2.45) is 0 Å². The molecule has 0 saturated carbocycles. The molecule has 0 aliphatic rings. The molecule has 2 nitrogen and oxygen atoms in total. The molecule has 2 heteroatoms. The predicted molar refractivity (Wildman–Crippen MR) is 53.0 cm³/mol. The van der Waals surface area contributed by atoms with Crippen LogP contribution in [-0.2, 0) is 6.42 Å². The van der Waals surface area contributed by atoms with Gasteiger partial charge in [-0.25, -0.2) is 0 Å². The van der Waals surface area contributed by atoms with Gasteiger partial charge >= 0.3 is 0 Å². The van der Waals surface area contributed by atoms with Crippen LogP contribution < -0.4 is 0 Å². The molecule has 13 heavy (non-hydrogen) atoms. The highest BCUT2D eigenvalue weighted by atomic mass is 16.3. The Morgan fingerprint density at radius 2 is 2.08 bits per heavy atom. The third kappa shape index (κ3) is 3.28. The zero-order valence-electron chi connectivity index (χ0n) is 8.37. The lowest BCUT2D eigenvalue weighted by Gasteiger charge is -1.91. The van der Waals surface area contributed by atoms with Crippen molar-refractivity contribution < 1.29 is 4.42 Å². The van der Waals surface area contributed by atoms with Crippen LogP contribution in [0.2, 0.25) is 0 Å². The molecule has 0 N–H and O–H groups in total. The van der Waals surface area contributed by atoms with Crippen LogP contribution in [0.25, 0.3) is 0 Å². The minimum atomic E-state index is 0.864. The molecule has 0 aliphatic carbocycles. The Labute approximate surface area is 78.9 Å². The summed E-state index contributed by atoms with van der Waals surface area (Å²) in [5, 5.41) is 0. The zero-order valence-corrected chi connectivity index (χ0v) is 8.37. The van der Waals surface area contributed by atoms with E-state index in [9.17, 15) is 0 Å². The highest BCUT2D eigenvalue weighted by Crippen LogP contribution is 2.02. The van der Waals surface area contributed by atoms with Crippen molar-refractivity contribution in [1.29, 1.82) is 0 Å². The Bertz CT molecular complexity index is 327. The number of aryl methyl sites for hydroxylation is 3. The van der Waals surface area contributed by atoms with Gasteiger partial charge in [-0.05, 0) is 38.0 Å². The Morgan fingerprint density at radius 3 is 2.77 bits per heavy atom. The molecular formula is C11H15NO. The van der Waals surface area contributed by atoms with Crippen LogP contribution >= 0.6 is 0 Å². The van der Waals surface area contributed by atoms with E-state index in [1.165, 1.54) is 5.56 Å². The van der Waals surface area contributed by atoms with Crippen molar-refractivity contribution in [3.05, 3.63) is 41.6 Å². The third-order valence-electron chi connectivity index (χ3n) is 1.75. The summed E-state index contributed by atoms with van der Waals surface area (Å²) in [6.07, 6.45) is 4.58. The summed E-state index contributed by atoms with van der Waals surface area (Å²) in [6.45, 7) is 5.97. The molecule has 0 saturated heterocycles. The first-order valence-corrected chi connectivity index (χ1v) is 4.47. The maximum atomic E-state index is 5.49. The van der Waals surface area contributed by atoms with E-state index in [0.717, 1.165) is 17.9 Å². The van der Waals surface area contributed by atoms with Gasteiger partial charge in [0.1, 0.15) is 11.5 Å². The lowest BCUT2D eigenvalue weighted by atomic mass is 10.2. The van der Waals surface area contributed by atoms with Crippen molar-refractivity contribution in [3.63, 3.8) is 0 Å². The smallest absolute Gasteiger partial charge is 0.102 e. The van der Waals surface area contributed by atoms with Gasteiger partial charge in [-0.1, -0.05) is 6.92 Å². The lowest BCUT2D eigenvalue weighted by molar-refractivity contribution is 0.490. The molecule has 1 rings (SSSR count). The fourth-order valence-corrected chi connectivity index (χ4v) is 1.10. The van der Waals surface area contributed by atoms with Gasteiger partial charge in [0, 0.05) is 12.4 Å². The predicted octanol–water partition coefficient (Wildman–Crippen LogP) is 2.98. The van der Waals surface area contributed by atoms with Crippen molar-refractivity contribution in [2.45, 2.75) is 27.2 Å². The zero-order chi connectivity index (χ0) is 9.68. The molecule has 0 aliphatic heterocycles. The Hall–Kier alpha value is -1.31. The number of rotatable bonds is 1. The van der Waals surface area contributed by atoms with E-state index >= 15 is 0 Å². The van der Waals surface area contributed by atoms with E-state index < -0.39 is 0 Å². The molecule has 1 heterocycles. The standard InChI is InChI=1S/C11H15NO/c1-4-11-7-10(3)13-9(2)5-6-12-8-11/h5-8H,4H2,1-3H3.